The van der Waals surface area contributed by atoms with Gasteiger partial charge < -0.3 is 20.7 Å². The van der Waals surface area contributed by atoms with E-state index in [4.69, 9.17) is 4.74 Å². The molecular weight excluding hydrogens is 327 g/mol. The molecule has 8 heteroatoms. The van der Waals surface area contributed by atoms with Crippen molar-refractivity contribution in [3.63, 3.8) is 0 Å². The molecule has 1 unspecified atom stereocenters. The SMILES string of the molecule is CCNC(=O)c1ccc(NCC2CNCCOC2)nc1.Cl.Cl. The fraction of sp³-hybridized carbons (Fsp3) is 0.571. The Bertz CT molecular complexity index is 423. The van der Waals surface area contributed by atoms with Crippen LogP contribution >= 0.6 is 24.8 Å². The summed E-state index contributed by atoms with van der Waals surface area (Å²) in [6.07, 6.45) is 1.59. The van der Waals surface area contributed by atoms with E-state index in [-0.39, 0.29) is 30.7 Å². The molecule has 3 N–H and O–H groups in total. The molecular formula is C14H24Cl2N4O2. The van der Waals surface area contributed by atoms with E-state index in [1.807, 2.05) is 13.0 Å². The Morgan fingerprint density at radius 3 is 2.95 bits per heavy atom. The van der Waals surface area contributed by atoms with Crippen molar-refractivity contribution in [2.45, 2.75) is 6.92 Å². The summed E-state index contributed by atoms with van der Waals surface area (Å²) in [5.74, 6) is 1.12. The molecule has 0 spiro atoms. The van der Waals surface area contributed by atoms with Crippen LogP contribution in [-0.4, -0.2) is 50.3 Å². The van der Waals surface area contributed by atoms with Gasteiger partial charge in [0.2, 0.25) is 0 Å². The van der Waals surface area contributed by atoms with E-state index in [9.17, 15) is 4.79 Å². The third-order valence-electron chi connectivity index (χ3n) is 3.14. The Kier molecular flexibility index (Phi) is 10.9. The second-order valence-corrected chi connectivity index (χ2v) is 4.82. The van der Waals surface area contributed by atoms with Crippen LogP contribution in [-0.2, 0) is 4.74 Å². The van der Waals surface area contributed by atoms with E-state index in [0.717, 1.165) is 38.7 Å². The third-order valence-corrected chi connectivity index (χ3v) is 3.14. The van der Waals surface area contributed by atoms with Crippen LogP contribution in [0, 0.1) is 5.92 Å². The van der Waals surface area contributed by atoms with Gasteiger partial charge in [-0.3, -0.25) is 4.79 Å². The number of carbonyl (C=O) groups excluding carboxylic acids is 1. The van der Waals surface area contributed by atoms with Crippen LogP contribution in [0.1, 0.15) is 17.3 Å². The van der Waals surface area contributed by atoms with E-state index in [1.165, 1.54) is 0 Å². The molecule has 1 atom stereocenters. The zero-order valence-electron chi connectivity index (χ0n) is 12.6. The number of anilines is 1. The molecule has 1 saturated heterocycles. The van der Waals surface area contributed by atoms with Gasteiger partial charge in [0.15, 0.2) is 0 Å². The molecule has 22 heavy (non-hydrogen) atoms. The van der Waals surface area contributed by atoms with Crippen molar-refractivity contribution >= 4 is 36.5 Å². The molecule has 126 valence electrons. The molecule has 0 aromatic carbocycles. The number of aromatic nitrogens is 1. The van der Waals surface area contributed by atoms with Crippen molar-refractivity contribution in [1.82, 2.24) is 15.6 Å². The molecule has 0 saturated carbocycles. The van der Waals surface area contributed by atoms with Crippen molar-refractivity contribution in [2.75, 3.05) is 44.7 Å². The van der Waals surface area contributed by atoms with Crippen molar-refractivity contribution in [1.29, 1.82) is 0 Å². The van der Waals surface area contributed by atoms with E-state index in [2.05, 4.69) is 20.9 Å². The minimum Gasteiger partial charge on any atom is -0.380 e. The lowest BCUT2D eigenvalue weighted by molar-refractivity contribution is 0.0955. The van der Waals surface area contributed by atoms with Crippen LogP contribution in [0.4, 0.5) is 5.82 Å². The Hall–Kier alpha value is -1.08. The molecule has 0 bridgehead atoms. The Balaban J connectivity index is 0.00000220. The smallest absolute Gasteiger partial charge is 0.252 e. The number of hydrogen-bond donors (Lipinski definition) is 3. The van der Waals surface area contributed by atoms with E-state index in [1.54, 1.807) is 12.3 Å². The second kappa shape index (κ2) is 11.5. The number of nitrogens with zero attached hydrogens (tertiary/aromatic N) is 1. The van der Waals surface area contributed by atoms with Crippen LogP contribution in [0.5, 0.6) is 0 Å². The van der Waals surface area contributed by atoms with Crippen molar-refractivity contribution in [3.8, 4) is 0 Å². The number of hydrogen-bond acceptors (Lipinski definition) is 5. The topological polar surface area (TPSA) is 75.3 Å². The highest BCUT2D eigenvalue weighted by atomic mass is 35.5. The first kappa shape index (κ1) is 20.9. The summed E-state index contributed by atoms with van der Waals surface area (Å²) in [5.41, 5.74) is 0.580. The summed E-state index contributed by atoms with van der Waals surface area (Å²) >= 11 is 0. The largest absolute Gasteiger partial charge is 0.380 e. The average Bonchev–Trinajstić information content (AvgIpc) is 2.74. The fourth-order valence-electron chi connectivity index (χ4n) is 2.03. The van der Waals surface area contributed by atoms with E-state index < -0.39 is 0 Å². The first-order chi connectivity index (χ1) is 9.79. The van der Waals surface area contributed by atoms with Crippen molar-refractivity contribution in [2.24, 2.45) is 5.92 Å². The van der Waals surface area contributed by atoms with Gasteiger partial charge in [-0.2, -0.15) is 0 Å². The lowest BCUT2D eigenvalue weighted by Crippen LogP contribution is -2.28. The number of nitrogens with one attached hydrogen (secondary N) is 3. The van der Waals surface area contributed by atoms with Gasteiger partial charge in [-0.25, -0.2) is 4.98 Å². The maximum atomic E-state index is 11.6. The van der Waals surface area contributed by atoms with Gasteiger partial charge in [-0.1, -0.05) is 0 Å². The van der Waals surface area contributed by atoms with Crippen LogP contribution in [0.15, 0.2) is 18.3 Å². The third kappa shape index (κ3) is 6.79. The Morgan fingerprint density at radius 1 is 1.45 bits per heavy atom. The molecule has 2 rings (SSSR count). The van der Waals surface area contributed by atoms with Crippen molar-refractivity contribution < 1.29 is 9.53 Å². The highest BCUT2D eigenvalue weighted by molar-refractivity contribution is 5.93. The highest BCUT2D eigenvalue weighted by Crippen LogP contribution is 2.07. The summed E-state index contributed by atoms with van der Waals surface area (Å²) in [6, 6.07) is 3.61. The summed E-state index contributed by atoms with van der Waals surface area (Å²) in [4.78, 5) is 15.9. The van der Waals surface area contributed by atoms with Crippen LogP contribution in [0.25, 0.3) is 0 Å². The second-order valence-electron chi connectivity index (χ2n) is 4.82. The van der Waals surface area contributed by atoms with E-state index in [0.29, 0.717) is 18.0 Å². The van der Waals surface area contributed by atoms with E-state index >= 15 is 0 Å². The lowest BCUT2D eigenvalue weighted by atomic mass is 10.1. The minimum atomic E-state index is -0.0899. The van der Waals surface area contributed by atoms with Gasteiger partial charge in [-0.05, 0) is 19.1 Å². The molecule has 1 aromatic rings. The quantitative estimate of drug-likeness (QED) is 0.746. The molecule has 6 nitrogen and oxygen atoms in total. The monoisotopic (exact) mass is 350 g/mol. The summed E-state index contributed by atoms with van der Waals surface area (Å²) < 4.78 is 5.50. The summed E-state index contributed by atoms with van der Waals surface area (Å²) in [6.45, 7) is 6.71. The number of amides is 1. The summed E-state index contributed by atoms with van der Waals surface area (Å²) in [7, 11) is 0. The van der Waals surface area contributed by atoms with Gasteiger partial charge in [0.1, 0.15) is 5.82 Å². The molecule has 1 aromatic heterocycles. The van der Waals surface area contributed by atoms with Crippen LogP contribution in [0.2, 0.25) is 0 Å². The maximum Gasteiger partial charge on any atom is 0.252 e. The lowest BCUT2D eigenvalue weighted by Gasteiger charge is -2.15. The minimum absolute atomic E-state index is 0. The zero-order valence-corrected chi connectivity index (χ0v) is 14.3. The van der Waals surface area contributed by atoms with Crippen LogP contribution in [0.3, 0.4) is 0 Å². The summed E-state index contributed by atoms with van der Waals surface area (Å²) in [5, 5.41) is 9.36. The highest BCUT2D eigenvalue weighted by Gasteiger charge is 2.12. The predicted molar refractivity (Wildman–Crippen MR) is 92.4 cm³/mol. The van der Waals surface area contributed by atoms with Gasteiger partial charge in [0.05, 0.1) is 18.8 Å². The standard InChI is InChI=1S/C14H22N4O2.2ClH/c1-2-16-14(19)12-3-4-13(18-9-12)17-8-11-7-15-5-6-20-10-11;;/h3-4,9,11,15H,2,5-8,10H2,1H3,(H,16,19)(H,17,18);2*1H. The van der Waals surface area contributed by atoms with Gasteiger partial charge >= 0.3 is 0 Å². The first-order valence-corrected chi connectivity index (χ1v) is 7.06. The normalized spacial score (nSPS) is 17.4. The molecule has 1 aliphatic rings. The number of pyridine rings is 1. The van der Waals surface area contributed by atoms with Gasteiger partial charge in [0, 0.05) is 38.3 Å². The molecule has 1 amide bonds. The van der Waals surface area contributed by atoms with Crippen LogP contribution < -0.4 is 16.0 Å². The molecule has 2 heterocycles. The first-order valence-electron chi connectivity index (χ1n) is 7.06. The van der Waals surface area contributed by atoms with Gasteiger partial charge in [-0.15, -0.1) is 24.8 Å². The number of halogens is 2. The fourth-order valence-corrected chi connectivity index (χ4v) is 2.03. The molecule has 0 aliphatic carbocycles. The molecule has 1 fully saturated rings. The Labute approximate surface area is 143 Å². The zero-order chi connectivity index (χ0) is 14.2. The number of ether oxygens (including phenoxy) is 1. The predicted octanol–water partition coefficient (Wildman–Crippen LogP) is 1.32. The van der Waals surface area contributed by atoms with Crippen molar-refractivity contribution in [3.05, 3.63) is 23.9 Å². The maximum absolute atomic E-state index is 11.6. The number of carbonyl (C=O) groups is 1. The average molecular weight is 351 g/mol. The molecule has 0 radical (unpaired) electrons. The molecule has 1 aliphatic heterocycles. The Morgan fingerprint density at radius 2 is 2.27 bits per heavy atom. The van der Waals surface area contributed by atoms with Gasteiger partial charge in [0.25, 0.3) is 5.91 Å². The number of rotatable bonds is 5.